The van der Waals surface area contributed by atoms with Crippen LogP contribution in [-0.4, -0.2) is 42.3 Å². The van der Waals surface area contributed by atoms with Crippen molar-refractivity contribution in [2.24, 2.45) is 11.8 Å². The summed E-state index contributed by atoms with van der Waals surface area (Å²) in [5, 5.41) is 14.9. The van der Waals surface area contributed by atoms with Crippen molar-refractivity contribution in [3.05, 3.63) is 59.7 Å². The zero-order chi connectivity index (χ0) is 24.8. The van der Waals surface area contributed by atoms with Gasteiger partial charge in [0.05, 0.1) is 5.92 Å². The zero-order valence-electron chi connectivity index (χ0n) is 20.2. The first-order valence-corrected chi connectivity index (χ1v) is 12.6. The number of amides is 2. The summed E-state index contributed by atoms with van der Waals surface area (Å²) in [7, 11) is 0. The minimum atomic E-state index is -1.01. The Morgan fingerprint density at radius 1 is 0.971 bits per heavy atom. The van der Waals surface area contributed by atoms with Crippen molar-refractivity contribution < 1.29 is 24.2 Å². The molecule has 0 aliphatic heterocycles. The molecule has 1 fully saturated rings. The van der Waals surface area contributed by atoms with Crippen LogP contribution in [0.15, 0.2) is 48.5 Å². The molecule has 0 heterocycles. The van der Waals surface area contributed by atoms with Gasteiger partial charge in [0.2, 0.25) is 5.91 Å². The molecule has 0 radical (unpaired) electrons. The summed E-state index contributed by atoms with van der Waals surface area (Å²) in [5.74, 6) is -1.68. The monoisotopic (exact) mass is 478 g/mol. The standard InChI is InChI=1S/C28H34N2O5/c1-18(26(31)30-25(27(32)33)15-19-9-3-2-4-10-19)16-29-28(34)35-17-24-22-13-7-5-11-20(22)21-12-6-8-14-23(21)24/h5-8,11-14,18-19,24-25H,2-4,9-10,15-17H2,1H3,(H,29,34)(H,30,31)(H,32,33)/t18?,25-/m1/s1. The number of benzene rings is 2. The summed E-state index contributed by atoms with van der Waals surface area (Å²) >= 11 is 0. The zero-order valence-corrected chi connectivity index (χ0v) is 20.2. The van der Waals surface area contributed by atoms with Gasteiger partial charge in [0.1, 0.15) is 12.6 Å². The fourth-order valence-electron chi connectivity index (χ4n) is 5.27. The lowest BCUT2D eigenvalue weighted by molar-refractivity contribution is -0.143. The Hall–Kier alpha value is -3.35. The molecule has 3 N–H and O–H groups in total. The van der Waals surface area contributed by atoms with E-state index >= 15 is 0 Å². The second-order valence-electron chi connectivity index (χ2n) is 9.75. The third-order valence-electron chi connectivity index (χ3n) is 7.25. The highest BCUT2D eigenvalue weighted by Gasteiger charge is 2.30. The maximum Gasteiger partial charge on any atom is 0.407 e. The van der Waals surface area contributed by atoms with Gasteiger partial charge in [-0.3, -0.25) is 4.79 Å². The van der Waals surface area contributed by atoms with Crippen LogP contribution in [0, 0.1) is 11.8 Å². The van der Waals surface area contributed by atoms with Gasteiger partial charge in [-0.1, -0.05) is 87.6 Å². The van der Waals surface area contributed by atoms with Crippen molar-refractivity contribution in [3.8, 4) is 11.1 Å². The number of rotatable bonds is 9. The molecule has 0 aromatic heterocycles. The molecule has 2 aliphatic carbocycles. The Kier molecular flexibility index (Phi) is 8.06. The van der Waals surface area contributed by atoms with E-state index in [4.69, 9.17) is 4.74 Å². The van der Waals surface area contributed by atoms with Gasteiger partial charge in [-0.05, 0) is 34.6 Å². The number of carbonyl (C=O) groups excluding carboxylic acids is 2. The SMILES string of the molecule is CC(CNC(=O)OCC1c2ccccc2-c2ccccc21)C(=O)N[C@H](CC1CCCCC1)C(=O)O. The third-order valence-corrected chi connectivity index (χ3v) is 7.25. The number of carboxylic acids is 1. The molecule has 0 bridgehead atoms. The van der Waals surface area contributed by atoms with Crippen molar-refractivity contribution in [2.75, 3.05) is 13.2 Å². The molecular weight excluding hydrogens is 444 g/mol. The number of alkyl carbamates (subject to hydrolysis) is 1. The Morgan fingerprint density at radius 3 is 2.17 bits per heavy atom. The van der Waals surface area contributed by atoms with E-state index in [1.54, 1.807) is 6.92 Å². The van der Waals surface area contributed by atoms with Gasteiger partial charge >= 0.3 is 12.1 Å². The van der Waals surface area contributed by atoms with E-state index in [-0.39, 0.29) is 25.0 Å². The molecule has 0 saturated heterocycles. The first-order chi connectivity index (χ1) is 16.9. The normalized spacial score (nSPS) is 17.1. The second-order valence-corrected chi connectivity index (χ2v) is 9.75. The minimum absolute atomic E-state index is 0.0371. The number of aliphatic carboxylic acids is 1. The summed E-state index contributed by atoms with van der Waals surface area (Å²) in [6, 6.07) is 15.3. The van der Waals surface area contributed by atoms with E-state index in [9.17, 15) is 19.5 Å². The number of carboxylic acid groups (broad SMARTS) is 1. The lowest BCUT2D eigenvalue weighted by Gasteiger charge is -2.25. The molecule has 186 valence electrons. The molecule has 2 amide bonds. The average Bonchev–Trinajstić information content (AvgIpc) is 3.19. The van der Waals surface area contributed by atoms with E-state index < -0.39 is 24.0 Å². The van der Waals surface area contributed by atoms with Crippen molar-refractivity contribution >= 4 is 18.0 Å². The average molecular weight is 479 g/mol. The van der Waals surface area contributed by atoms with E-state index in [0.29, 0.717) is 12.3 Å². The van der Waals surface area contributed by atoms with Gasteiger partial charge in [0.25, 0.3) is 0 Å². The van der Waals surface area contributed by atoms with Crippen LogP contribution in [0.4, 0.5) is 4.79 Å². The second kappa shape index (κ2) is 11.4. The van der Waals surface area contributed by atoms with E-state index in [1.807, 2.05) is 24.3 Å². The molecule has 7 heteroatoms. The molecule has 2 aliphatic rings. The number of nitrogens with one attached hydrogen (secondary N) is 2. The first-order valence-electron chi connectivity index (χ1n) is 12.6. The van der Waals surface area contributed by atoms with Crippen molar-refractivity contribution in [2.45, 2.75) is 57.4 Å². The van der Waals surface area contributed by atoms with Crippen LogP contribution >= 0.6 is 0 Å². The molecule has 1 unspecified atom stereocenters. The van der Waals surface area contributed by atoms with E-state index in [2.05, 4.69) is 34.9 Å². The first kappa shape index (κ1) is 24.8. The van der Waals surface area contributed by atoms with Crippen molar-refractivity contribution in [1.82, 2.24) is 10.6 Å². The molecule has 7 nitrogen and oxygen atoms in total. The van der Waals surface area contributed by atoms with Gasteiger partial charge < -0.3 is 20.5 Å². The van der Waals surface area contributed by atoms with E-state index in [1.165, 1.54) is 6.42 Å². The number of ether oxygens (including phenoxy) is 1. The molecule has 2 atom stereocenters. The predicted molar refractivity (Wildman–Crippen MR) is 133 cm³/mol. The number of fused-ring (bicyclic) bond motifs is 3. The van der Waals surface area contributed by atoms with Crippen LogP contribution in [0.5, 0.6) is 0 Å². The lowest BCUT2D eigenvalue weighted by Crippen LogP contribution is -2.46. The molecule has 2 aromatic rings. The number of hydrogen-bond donors (Lipinski definition) is 3. The highest BCUT2D eigenvalue weighted by molar-refractivity contribution is 5.85. The predicted octanol–water partition coefficient (Wildman–Crippen LogP) is 4.70. The Morgan fingerprint density at radius 2 is 1.57 bits per heavy atom. The number of carbonyl (C=O) groups is 3. The van der Waals surface area contributed by atoms with Crippen LogP contribution in [0.3, 0.4) is 0 Å². The summed E-state index contributed by atoms with van der Waals surface area (Å²) in [6.07, 6.45) is 5.31. The Balaban J connectivity index is 1.25. The summed E-state index contributed by atoms with van der Waals surface area (Å²) in [4.78, 5) is 36.7. The van der Waals surface area contributed by atoms with Crippen LogP contribution < -0.4 is 10.6 Å². The fourth-order valence-corrected chi connectivity index (χ4v) is 5.27. The molecule has 35 heavy (non-hydrogen) atoms. The smallest absolute Gasteiger partial charge is 0.407 e. The molecule has 0 spiro atoms. The number of hydrogen-bond acceptors (Lipinski definition) is 4. The highest BCUT2D eigenvalue weighted by Crippen LogP contribution is 2.44. The van der Waals surface area contributed by atoms with Crippen LogP contribution in [0.25, 0.3) is 11.1 Å². The molecule has 2 aromatic carbocycles. The quantitative estimate of drug-likeness (QED) is 0.485. The van der Waals surface area contributed by atoms with Crippen molar-refractivity contribution in [3.63, 3.8) is 0 Å². The Labute approximate surface area is 206 Å². The lowest BCUT2D eigenvalue weighted by atomic mass is 9.84. The topological polar surface area (TPSA) is 105 Å². The Bertz CT molecular complexity index is 1020. The molecular formula is C28H34N2O5. The van der Waals surface area contributed by atoms with Crippen LogP contribution in [-0.2, 0) is 14.3 Å². The fraction of sp³-hybridized carbons (Fsp3) is 0.464. The van der Waals surface area contributed by atoms with Crippen molar-refractivity contribution in [1.29, 1.82) is 0 Å². The maximum absolute atomic E-state index is 12.6. The van der Waals surface area contributed by atoms with Crippen LogP contribution in [0.1, 0.15) is 62.5 Å². The van der Waals surface area contributed by atoms with Gasteiger partial charge in [-0.15, -0.1) is 0 Å². The van der Waals surface area contributed by atoms with Gasteiger partial charge in [0, 0.05) is 12.5 Å². The summed E-state index contributed by atoms with van der Waals surface area (Å²) in [6.45, 7) is 1.93. The van der Waals surface area contributed by atoms with Crippen LogP contribution in [0.2, 0.25) is 0 Å². The van der Waals surface area contributed by atoms with Gasteiger partial charge in [0.15, 0.2) is 0 Å². The largest absolute Gasteiger partial charge is 0.480 e. The highest BCUT2D eigenvalue weighted by atomic mass is 16.5. The molecule has 4 rings (SSSR count). The van der Waals surface area contributed by atoms with Gasteiger partial charge in [-0.25, -0.2) is 9.59 Å². The molecule has 1 saturated carbocycles. The minimum Gasteiger partial charge on any atom is -0.480 e. The third kappa shape index (κ3) is 6.02. The maximum atomic E-state index is 12.6. The summed E-state index contributed by atoms with van der Waals surface area (Å²) in [5.41, 5.74) is 4.58. The van der Waals surface area contributed by atoms with Gasteiger partial charge in [-0.2, -0.15) is 0 Å². The summed E-state index contributed by atoms with van der Waals surface area (Å²) < 4.78 is 5.51. The van der Waals surface area contributed by atoms with E-state index in [0.717, 1.165) is 47.9 Å².